The minimum atomic E-state index is -0.562. The maximum atomic E-state index is 12.6. The Hall–Kier alpha value is -2.40. The van der Waals surface area contributed by atoms with Crippen molar-refractivity contribution in [3.8, 4) is 0 Å². The van der Waals surface area contributed by atoms with Crippen molar-refractivity contribution < 1.29 is 23.8 Å². The maximum absolute atomic E-state index is 12.6. The van der Waals surface area contributed by atoms with Gasteiger partial charge in [-0.2, -0.15) is 0 Å². The molecule has 300 valence electrons. The smallest absolute Gasteiger partial charge is 0.306 e. The number of allylic oxidation sites excluding steroid dienone is 10. The van der Waals surface area contributed by atoms with Crippen LogP contribution in [0.15, 0.2) is 60.8 Å². The van der Waals surface area contributed by atoms with Gasteiger partial charge in [0, 0.05) is 19.4 Å². The zero-order valence-electron chi connectivity index (χ0n) is 34.3. The van der Waals surface area contributed by atoms with Gasteiger partial charge in [-0.3, -0.25) is 9.59 Å². The van der Waals surface area contributed by atoms with Gasteiger partial charge in [-0.1, -0.05) is 178 Å². The van der Waals surface area contributed by atoms with E-state index in [1.54, 1.807) is 0 Å². The van der Waals surface area contributed by atoms with Gasteiger partial charge in [0.2, 0.25) is 0 Å². The average Bonchev–Trinajstić information content (AvgIpc) is 3.14. The highest BCUT2D eigenvalue weighted by Crippen LogP contribution is 2.12. The first kappa shape index (κ1) is 49.6. The summed E-state index contributed by atoms with van der Waals surface area (Å²) in [6.07, 6.45) is 52.4. The summed E-state index contributed by atoms with van der Waals surface area (Å²) < 4.78 is 17.2. The van der Waals surface area contributed by atoms with Gasteiger partial charge in [0.15, 0.2) is 6.10 Å². The Balaban J connectivity index is 4.26. The van der Waals surface area contributed by atoms with E-state index in [2.05, 4.69) is 75.5 Å². The Bertz CT molecular complexity index is 915. The number of unbranched alkanes of at least 4 members (excludes halogenated alkanes) is 18. The van der Waals surface area contributed by atoms with Crippen molar-refractivity contribution in [1.29, 1.82) is 0 Å². The van der Waals surface area contributed by atoms with E-state index in [1.807, 2.05) is 6.08 Å². The summed E-state index contributed by atoms with van der Waals surface area (Å²) in [5.41, 5.74) is 0. The third-order valence-electron chi connectivity index (χ3n) is 9.05. The third kappa shape index (κ3) is 40.4. The molecule has 0 amide bonds. The number of ether oxygens (including phenoxy) is 3. The molecule has 1 unspecified atom stereocenters. The second-order valence-electron chi connectivity index (χ2n) is 14.2. The summed E-state index contributed by atoms with van der Waals surface area (Å²) in [5.74, 6) is -0.501. The minimum Gasteiger partial charge on any atom is -0.462 e. The summed E-state index contributed by atoms with van der Waals surface area (Å²) >= 11 is 0. The number of carbonyl (C=O) groups excluding carboxylic acids is 2. The molecule has 0 aromatic heterocycles. The van der Waals surface area contributed by atoms with Gasteiger partial charge in [-0.05, 0) is 70.6 Å². The molecule has 0 aromatic rings. The molecule has 1 atom stereocenters. The quantitative estimate of drug-likeness (QED) is 0.0358. The summed E-state index contributed by atoms with van der Waals surface area (Å²) in [6.45, 7) is 7.57. The fourth-order valence-electron chi connectivity index (χ4n) is 5.81. The molecule has 0 aliphatic heterocycles. The third-order valence-corrected chi connectivity index (χ3v) is 9.05. The van der Waals surface area contributed by atoms with E-state index in [1.165, 1.54) is 103 Å². The zero-order chi connectivity index (χ0) is 37.8. The maximum Gasteiger partial charge on any atom is 0.306 e. The van der Waals surface area contributed by atoms with Crippen molar-refractivity contribution in [1.82, 2.24) is 0 Å². The fraction of sp³-hybridized carbons (Fsp3) is 0.745. The zero-order valence-corrected chi connectivity index (χ0v) is 34.3. The van der Waals surface area contributed by atoms with E-state index >= 15 is 0 Å². The molecule has 0 bridgehead atoms. The van der Waals surface area contributed by atoms with E-state index in [9.17, 15) is 9.59 Å². The molecule has 0 saturated heterocycles. The SMILES string of the molecule is CC/C=C\C/C=C\C/C=C\C/C=C\CCC(=O)OCC(COCCCCCCCC/C=C\CCCCCCCC)OC(=O)CCCCCCCCC. The highest BCUT2D eigenvalue weighted by molar-refractivity contribution is 5.70. The van der Waals surface area contributed by atoms with Crippen molar-refractivity contribution in [3.63, 3.8) is 0 Å². The van der Waals surface area contributed by atoms with Crippen LogP contribution < -0.4 is 0 Å². The van der Waals surface area contributed by atoms with Crippen molar-refractivity contribution in [2.45, 2.75) is 207 Å². The van der Waals surface area contributed by atoms with Gasteiger partial charge in [-0.25, -0.2) is 0 Å². The predicted molar refractivity (Wildman–Crippen MR) is 224 cm³/mol. The van der Waals surface area contributed by atoms with Crippen LogP contribution in [0.2, 0.25) is 0 Å². The highest BCUT2D eigenvalue weighted by Gasteiger charge is 2.17. The van der Waals surface area contributed by atoms with Gasteiger partial charge >= 0.3 is 11.9 Å². The minimum absolute atomic E-state index is 0.0448. The Morgan fingerprint density at radius 1 is 0.442 bits per heavy atom. The highest BCUT2D eigenvalue weighted by atomic mass is 16.6. The number of carbonyl (C=O) groups is 2. The van der Waals surface area contributed by atoms with Gasteiger partial charge in [0.25, 0.3) is 0 Å². The normalized spacial score (nSPS) is 12.8. The number of rotatable bonds is 39. The van der Waals surface area contributed by atoms with Crippen LogP contribution in [0.1, 0.15) is 201 Å². The van der Waals surface area contributed by atoms with Crippen molar-refractivity contribution >= 4 is 11.9 Å². The van der Waals surface area contributed by atoms with E-state index in [4.69, 9.17) is 14.2 Å². The molecule has 52 heavy (non-hydrogen) atoms. The molecule has 0 spiro atoms. The second kappa shape index (κ2) is 43.0. The fourth-order valence-corrected chi connectivity index (χ4v) is 5.81. The lowest BCUT2D eigenvalue weighted by Crippen LogP contribution is -2.30. The molecule has 0 rings (SSSR count). The lowest BCUT2D eigenvalue weighted by Gasteiger charge is -2.18. The molecular formula is C47H82O5. The van der Waals surface area contributed by atoms with Gasteiger partial charge in [0.05, 0.1) is 6.61 Å². The number of hydrogen-bond donors (Lipinski definition) is 0. The van der Waals surface area contributed by atoms with Crippen LogP contribution in [0.5, 0.6) is 0 Å². The summed E-state index contributed by atoms with van der Waals surface area (Å²) in [6, 6.07) is 0. The monoisotopic (exact) mass is 727 g/mol. The molecule has 5 heteroatoms. The Morgan fingerprint density at radius 3 is 1.46 bits per heavy atom. The molecule has 0 N–H and O–H groups in total. The topological polar surface area (TPSA) is 61.8 Å². The van der Waals surface area contributed by atoms with Gasteiger partial charge < -0.3 is 14.2 Å². The number of esters is 2. The molecule has 0 aliphatic carbocycles. The van der Waals surface area contributed by atoms with Crippen molar-refractivity contribution in [2.24, 2.45) is 0 Å². The Morgan fingerprint density at radius 2 is 0.904 bits per heavy atom. The van der Waals surface area contributed by atoms with E-state index < -0.39 is 6.10 Å². The summed E-state index contributed by atoms with van der Waals surface area (Å²) in [7, 11) is 0. The molecule has 0 aliphatic rings. The largest absolute Gasteiger partial charge is 0.462 e. The molecule has 0 saturated carbocycles. The van der Waals surface area contributed by atoms with Crippen molar-refractivity contribution in [2.75, 3.05) is 19.8 Å². The first-order valence-electron chi connectivity index (χ1n) is 21.8. The van der Waals surface area contributed by atoms with Gasteiger partial charge in [0.1, 0.15) is 6.61 Å². The molecule has 0 heterocycles. The molecular weight excluding hydrogens is 645 g/mol. The van der Waals surface area contributed by atoms with E-state index in [0.29, 0.717) is 25.9 Å². The van der Waals surface area contributed by atoms with Crippen LogP contribution in [0, 0.1) is 0 Å². The molecule has 0 radical (unpaired) electrons. The summed E-state index contributed by atoms with van der Waals surface area (Å²) in [4.78, 5) is 25.0. The van der Waals surface area contributed by atoms with Crippen LogP contribution in [0.3, 0.4) is 0 Å². The van der Waals surface area contributed by atoms with Crippen LogP contribution in [-0.4, -0.2) is 37.9 Å². The van der Waals surface area contributed by atoms with E-state index in [0.717, 1.165) is 57.8 Å². The van der Waals surface area contributed by atoms with Crippen LogP contribution in [-0.2, 0) is 23.8 Å². The molecule has 0 aromatic carbocycles. The standard InChI is InChI=1S/C47H82O5/c1-4-7-10-13-16-18-20-22-23-24-26-28-30-33-36-39-42-50-43-45(52-47(49)41-38-35-31-15-12-9-6-3)44-51-46(48)40-37-34-32-29-27-25-21-19-17-14-11-8-5-2/h8,11,17,19,22-23,25,27,32,34,45H,4-7,9-10,12-16,18,20-21,24,26,28-31,33,35-44H2,1-3H3/b11-8-,19-17-,23-22-,27-25-,34-32-. The first-order chi connectivity index (χ1) is 25.6. The molecule has 0 fully saturated rings. The Labute approximate surface area is 322 Å². The molecule has 5 nitrogen and oxygen atoms in total. The second-order valence-corrected chi connectivity index (χ2v) is 14.2. The summed E-state index contributed by atoms with van der Waals surface area (Å²) in [5, 5.41) is 0. The average molecular weight is 727 g/mol. The van der Waals surface area contributed by atoms with Crippen LogP contribution in [0.25, 0.3) is 0 Å². The van der Waals surface area contributed by atoms with Gasteiger partial charge in [-0.15, -0.1) is 0 Å². The van der Waals surface area contributed by atoms with Crippen LogP contribution in [0.4, 0.5) is 0 Å². The first-order valence-corrected chi connectivity index (χ1v) is 21.8. The van der Waals surface area contributed by atoms with Crippen molar-refractivity contribution in [3.05, 3.63) is 60.8 Å². The predicted octanol–water partition coefficient (Wildman–Crippen LogP) is 14.2. The lowest BCUT2D eigenvalue weighted by atomic mass is 10.1. The Kier molecular flexibility index (Phi) is 41.0. The van der Waals surface area contributed by atoms with E-state index in [-0.39, 0.29) is 25.2 Å². The number of hydrogen-bond acceptors (Lipinski definition) is 5. The van der Waals surface area contributed by atoms with Crippen LogP contribution >= 0.6 is 0 Å². The lowest BCUT2D eigenvalue weighted by molar-refractivity contribution is -0.162.